The summed E-state index contributed by atoms with van der Waals surface area (Å²) in [4.78, 5) is 2.41. The molecular weight excluding hydrogens is 701 g/mol. The Morgan fingerprint density at radius 2 is 0.741 bits per heavy atom. The molecule has 0 spiro atoms. The van der Waals surface area contributed by atoms with Gasteiger partial charge in [-0.25, -0.2) is 0 Å². The predicted molar refractivity (Wildman–Crippen MR) is 246 cm³/mol. The number of nitrogens with zero attached hydrogens (tertiary/aromatic N) is 2. The van der Waals surface area contributed by atoms with Gasteiger partial charge in [-0.05, 0) is 151 Å². The third-order valence-corrected chi connectivity index (χ3v) is 12.0. The van der Waals surface area contributed by atoms with Gasteiger partial charge in [-0.15, -0.1) is 0 Å². The van der Waals surface area contributed by atoms with Crippen molar-refractivity contribution in [3.05, 3.63) is 218 Å². The molecule has 2 heteroatoms. The van der Waals surface area contributed by atoms with Gasteiger partial charge in [-0.2, -0.15) is 0 Å². The van der Waals surface area contributed by atoms with E-state index in [0.717, 1.165) is 22.7 Å². The lowest BCUT2D eigenvalue weighted by Crippen LogP contribution is -2.10. The minimum atomic E-state index is 1.11. The highest BCUT2D eigenvalue weighted by atomic mass is 15.1. The second-order valence-corrected chi connectivity index (χ2v) is 15.4. The largest absolute Gasteiger partial charge is 0.310 e. The average Bonchev–Trinajstić information content (AvgIpc) is 3.62. The van der Waals surface area contributed by atoms with Crippen molar-refractivity contribution in [2.24, 2.45) is 0 Å². The molecule has 0 atom stereocenters. The average molecular weight is 737 g/mol. The molecular formula is C56H36N2. The van der Waals surface area contributed by atoms with Crippen LogP contribution in [0.2, 0.25) is 0 Å². The first kappa shape index (κ1) is 32.6. The smallest absolute Gasteiger partial charge is 0.0561 e. The van der Waals surface area contributed by atoms with Gasteiger partial charge in [0.15, 0.2) is 0 Å². The summed E-state index contributed by atoms with van der Waals surface area (Å²) in [6, 6.07) is 80.0. The second-order valence-electron chi connectivity index (χ2n) is 15.4. The van der Waals surface area contributed by atoms with E-state index in [0.29, 0.717) is 0 Å². The van der Waals surface area contributed by atoms with Crippen LogP contribution in [0.25, 0.3) is 93.5 Å². The Morgan fingerprint density at radius 3 is 1.43 bits per heavy atom. The lowest BCUT2D eigenvalue weighted by Gasteiger charge is -2.28. The van der Waals surface area contributed by atoms with E-state index in [4.69, 9.17) is 0 Å². The van der Waals surface area contributed by atoms with Gasteiger partial charge in [0.1, 0.15) is 0 Å². The number of para-hydroxylation sites is 2. The number of hydrogen-bond donors (Lipinski definition) is 0. The fraction of sp³-hybridized carbons (Fsp3) is 0. The lowest BCUT2D eigenvalue weighted by atomic mass is 9.77. The van der Waals surface area contributed by atoms with Crippen molar-refractivity contribution < 1.29 is 0 Å². The highest BCUT2D eigenvalue weighted by molar-refractivity contribution is 6.13. The molecule has 0 fully saturated rings. The molecule has 58 heavy (non-hydrogen) atoms. The summed E-state index contributed by atoms with van der Waals surface area (Å²) in [5, 5.41) is 7.50. The quantitative estimate of drug-likeness (QED) is 0.165. The molecule has 11 aromatic rings. The fourth-order valence-corrected chi connectivity index (χ4v) is 9.19. The molecule has 0 radical (unpaired) electrons. The van der Waals surface area contributed by atoms with E-state index < -0.39 is 0 Å². The van der Waals surface area contributed by atoms with Crippen LogP contribution >= 0.6 is 0 Å². The summed E-state index contributed by atoms with van der Waals surface area (Å²) in [6.45, 7) is 0. The molecule has 1 aromatic heterocycles. The van der Waals surface area contributed by atoms with Gasteiger partial charge in [0.25, 0.3) is 0 Å². The molecule has 1 heterocycles. The molecule has 270 valence electrons. The van der Waals surface area contributed by atoms with E-state index in [9.17, 15) is 0 Å². The Labute approximate surface area is 337 Å². The molecule has 1 aliphatic rings. The summed E-state index contributed by atoms with van der Waals surface area (Å²) < 4.78 is 2.40. The van der Waals surface area contributed by atoms with Gasteiger partial charge in [0.05, 0.1) is 11.0 Å². The van der Waals surface area contributed by atoms with Crippen LogP contribution in [0.1, 0.15) is 0 Å². The van der Waals surface area contributed by atoms with Gasteiger partial charge in [0.2, 0.25) is 0 Å². The zero-order valence-corrected chi connectivity index (χ0v) is 31.7. The van der Waals surface area contributed by atoms with Crippen molar-refractivity contribution >= 4 is 60.4 Å². The standard InChI is InChI=1S/C56H36N2/c1-4-12-37(13-5-1)39-22-25-46(26-23-39)57(48-28-29-50-49-18-10-11-19-55(49)58(56(50)36-48)45-16-8-3-9-17-45)47-27-24-42-33-52-51-32-41-21-20-40(38-14-6-2-7-15-38)30-43(41)34-53(51)54(52)35-44(42)31-47/h1-36H. The normalized spacial score (nSPS) is 11.8. The maximum Gasteiger partial charge on any atom is 0.0561 e. The van der Waals surface area contributed by atoms with Crippen LogP contribution in [0.4, 0.5) is 17.1 Å². The first-order valence-corrected chi connectivity index (χ1v) is 20.0. The Hall–Kier alpha value is -7.68. The second kappa shape index (κ2) is 12.9. The van der Waals surface area contributed by atoms with Crippen molar-refractivity contribution in [3.8, 4) is 50.2 Å². The first-order chi connectivity index (χ1) is 28.7. The highest BCUT2D eigenvalue weighted by Gasteiger charge is 2.25. The number of benzene rings is 10. The molecule has 0 N–H and O–H groups in total. The third-order valence-electron chi connectivity index (χ3n) is 12.0. The first-order valence-electron chi connectivity index (χ1n) is 20.0. The van der Waals surface area contributed by atoms with Crippen molar-refractivity contribution in [2.45, 2.75) is 0 Å². The molecule has 2 nitrogen and oxygen atoms in total. The van der Waals surface area contributed by atoms with E-state index in [-0.39, 0.29) is 0 Å². The van der Waals surface area contributed by atoms with Gasteiger partial charge >= 0.3 is 0 Å². The topological polar surface area (TPSA) is 8.17 Å². The lowest BCUT2D eigenvalue weighted by molar-refractivity contribution is 1.18. The zero-order chi connectivity index (χ0) is 38.2. The molecule has 0 aliphatic heterocycles. The Balaban J connectivity index is 1.01. The van der Waals surface area contributed by atoms with Crippen molar-refractivity contribution in [2.75, 3.05) is 4.90 Å². The van der Waals surface area contributed by atoms with Crippen LogP contribution in [0.5, 0.6) is 0 Å². The van der Waals surface area contributed by atoms with E-state index in [1.54, 1.807) is 0 Å². The van der Waals surface area contributed by atoms with Crippen molar-refractivity contribution in [1.82, 2.24) is 4.57 Å². The monoisotopic (exact) mass is 736 g/mol. The van der Waals surface area contributed by atoms with Crippen LogP contribution in [0.15, 0.2) is 218 Å². The zero-order valence-electron chi connectivity index (χ0n) is 31.7. The Morgan fingerprint density at radius 1 is 0.276 bits per heavy atom. The predicted octanol–water partition coefficient (Wildman–Crippen LogP) is 15.5. The van der Waals surface area contributed by atoms with Crippen molar-refractivity contribution in [3.63, 3.8) is 0 Å². The minimum Gasteiger partial charge on any atom is -0.310 e. The summed E-state index contributed by atoms with van der Waals surface area (Å²) in [5.74, 6) is 0. The number of fused-ring (bicyclic) bond motifs is 9. The fourth-order valence-electron chi connectivity index (χ4n) is 9.19. The SMILES string of the molecule is c1ccc(-c2ccc(N(c3ccc4cc5c(cc4c3)-c3cc4cc(-c6ccccc6)ccc4cc3-5)c3ccc4c5ccccc5n(-c5ccccc5)c4c3)cc2)cc1. The van der Waals surface area contributed by atoms with Crippen LogP contribution in [0.3, 0.4) is 0 Å². The van der Waals surface area contributed by atoms with Gasteiger partial charge in [0, 0.05) is 33.5 Å². The minimum absolute atomic E-state index is 1.11. The molecule has 10 aromatic carbocycles. The van der Waals surface area contributed by atoms with Gasteiger partial charge < -0.3 is 9.47 Å². The van der Waals surface area contributed by atoms with E-state index in [1.807, 2.05) is 0 Å². The highest BCUT2D eigenvalue weighted by Crippen LogP contribution is 2.51. The summed E-state index contributed by atoms with van der Waals surface area (Å²) in [6.07, 6.45) is 0. The van der Waals surface area contributed by atoms with Crippen LogP contribution in [-0.2, 0) is 0 Å². The summed E-state index contributed by atoms with van der Waals surface area (Å²) >= 11 is 0. The maximum absolute atomic E-state index is 2.41. The van der Waals surface area contributed by atoms with Crippen LogP contribution in [0, 0.1) is 0 Å². The molecule has 12 rings (SSSR count). The number of aromatic nitrogens is 1. The summed E-state index contributed by atoms with van der Waals surface area (Å²) in [7, 11) is 0. The van der Waals surface area contributed by atoms with Crippen LogP contribution < -0.4 is 4.90 Å². The number of anilines is 3. The third kappa shape index (κ3) is 5.19. The van der Waals surface area contributed by atoms with E-state index >= 15 is 0 Å². The molecule has 0 saturated carbocycles. The number of hydrogen-bond acceptors (Lipinski definition) is 1. The molecule has 0 saturated heterocycles. The van der Waals surface area contributed by atoms with E-state index in [2.05, 4.69) is 228 Å². The van der Waals surface area contributed by atoms with E-state index in [1.165, 1.54) is 87.9 Å². The Bertz CT molecular complexity index is 3360. The van der Waals surface area contributed by atoms with Crippen LogP contribution in [-0.4, -0.2) is 4.57 Å². The number of rotatable bonds is 6. The van der Waals surface area contributed by atoms with Gasteiger partial charge in [-0.3, -0.25) is 0 Å². The summed E-state index contributed by atoms with van der Waals surface area (Å²) in [5.41, 5.74) is 17.1. The molecule has 0 amide bonds. The van der Waals surface area contributed by atoms with Crippen molar-refractivity contribution in [1.29, 1.82) is 0 Å². The molecule has 0 unspecified atom stereocenters. The van der Waals surface area contributed by atoms with Gasteiger partial charge in [-0.1, -0.05) is 133 Å². The Kier molecular flexibility index (Phi) is 7.26. The maximum atomic E-state index is 2.41. The molecule has 1 aliphatic carbocycles. The molecule has 0 bridgehead atoms.